The van der Waals surface area contributed by atoms with Gasteiger partial charge in [0.2, 0.25) is 0 Å². The average Bonchev–Trinajstić information content (AvgIpc) is 2.22. The van der Waals surface area contributed by atoms with Crippen LogP contribution in [0.2, 0.25) is 0 Å². The Morgan fingerprint density at radius 2 is 1.82 bits per heavy atom. The Morgan fingerprint density at radius 3 is 2.29 bits per heavy atom. The topological polar surface area (TPSA) is 26.3 Å². The summed E-state index contributed by atoms with van der Waals surface area (Å²) in [4.78, 5) is 11.7. The molecule has 17 heavy (non-hydrogen) atoms. The van der Waals surface area contributed by atoms with E-state index in [4.69, 9.17) is 4.74 Å². The van der Waals surface area contributed by atoms with Crippen LogP contribution in [0, 0.1) is 13.8 Å². The van der Waals surface area contributed by atoms with Crippen LogP contribution in [0.15, 0.2) is 12.1 Å². The Balaban J connectivity index is 3.29. The summed E-state index contributed by atoms with van der Waals surface area (Å²) in [6, 6.07) is 4.10. The standard InChI is InChI=1S/C15H22O2/c1-7-17-14-9-10(2)13(8-11(14)3)15(5,6)12(4)16/h8-9H,7H2,1-6H3. The molecular weight excluding hydrogens is 212 g/mol. The third kappa shape index (κ3) is 2.68. The maximum absolute atomic E-state index is 11.7. The van der Waals surface area contributed by atoms with Crippen molar-refractivity contribution in [1.29, 1.82) is 0 Å². The average molecular weight is 234 g/mol. The SMILES string of the molecule is CCOc1cc(C)c(C(C)(C)C(C)=O)cc1C. The van der Waals surface area contributed by atoms with Gasteiger partial charge in [0.15, 0.2) is 0 Å². The quantitative estimate of drug-likeness (QED) is 0.796. The van der Waals surface area contributed by atoms with Gasteiger partial charge in [0.05, 0.1) is 6.61 Å². The van der Waals surface area contributed by atoms with Gasteiger partial charge in [-0.15, -0.1) is 0 Å². The molecule has 0 amide bonds. The highest BCUT2D eigenvalue weighted by atomic mass is 16.5. The van der Waals surface area contributed by atoms with Gasteiger partial charge in [-0.1, -0.05) is 6.07 Å². The molecule has 2 nitrogen and oxygen atoms in total. The van der Waals surface area contributed by atoms with E-state index in [1.165, 1.54) is 0 Å². The van der Waals surface area contributed by atoms with E-state index in [-0.39, 0.29) is 5.78 Å². The number of rotatable bonds is 4. The summed E-state index contributed by atoms with van der Waals surface area (Å²) in [5, 5.41) is 0. The highest BCUT2D eigenvalue weighted by Gasteiger charge is 2.28. The molecule has 94 valence electrons. The molecule has 0 heterocycles. The molecule has 0 aliphatic rings. The molecule has 0 saturated heterocycles. The Hall–Kier alpha value is -1.31. The predicted octanol–water partition coefficient (Wildman–Crippen LogP) is 3.57. The van der Waals surface area contributed by atoms with Gasteiger partial charge >= 0.3 is 0 Å². The third-order valence-corrected chi connectivity index (χ3v) is 3.38. The van der Waals surface area contributed by atoms with Crippen molar-refractivity contribution >= 4 is 5.78 Å². The second kappa shape index (κ2) is 4.91. The summed E-state index contributed by atoms with van der Waals surface area (Å²) < 4.78 is 5.56. The van der Waals surface area contributed by atoms with E-state index in [9.17, 15) is 4.79 Å². The van der Waals surface area contributed by atoms with Crippen molar-refractivity contribution in [2.24, 2.45) is 0 Å². The first kappa shape index (κ1) is 13.8. The second-order valence-electron chi connectivity index (χ2n) is 5.05. The first-order valence-corrected chi connectivity index (χ1v) is 6.06. The molecule has 0 N–H and O–H groups in total. The van der Waals surface area contributed by atoms with E-state index in [2.05, 4.69) is 6.07 Å². The zero-order valence-corrected chi connectivity index (χ0v) is 11.7. The molecule has 0 bridgehead atoms. The number of aryl methyl sites for hydroxylation is 2. The van der Waals surface area contributed by atoms with E-state index in [0.29, 0.717) is 6.61 Å². The highest BCUT2D eigenvalue weighted by Crippen LogP contribution is 2.32. The van der Waals surface area contributed by atoms with E-state index in [0.717, 1.165) is 22.4 Å². The summed E-state index contributed by atoms with van der Waals surface area (Å²) in [5.74, 6) is 1.09. The molecular formula is C15H22O2. The fourth-order valence-corrected chi connectivity index (χ4v) is 1.96. The van der Waals surface area contributed by atoms with Gasteiger partial charge in [0.25, 0.3) is 0 Å². The number of carbonyl (C=O) groups excluding carboxylic acids is 1. The first-order valence-electron chi connectivity index (χ1n) is 6.06. The molecule has 0 aliphatic heterocycles. The molecule has 0 atom stereocenters. The molecule has 0 fully saturated rings. The number of hydrogen-bond acceptors (Lipinski definition) is 2. The zero-order valence-electron chi connectivity index (χ0n) is 11.7. The molecule has 1 aromatic carbocycles. The maximum Gasteiger partial charge on any atom is 0.139 e. The van der Waals surface area contributed by atoms with Gasteiger partial charge in [-0.2, -0.15) is 0 Å². The molecule has 2 heteroatoms. The lowest BCUT2D eigenvalue weighted by molar-refractivity contribution is -0.121. The zero-order chi connectivity index (χ0) is 13.2. The fraction of sp³-hybridized carbons (Fsp3) is 0.533. The molecule has 0 aromatic heterocycles. The van der Waals surface area contributed by atoms with Crippen molar-refractivity contribution in [1.82, 2.24) is 0 Å². The maximum atomic E-state index is 11.7. The van der Waals surface area contributed by atoms with Crippen LogP contribution in [0.4, 0.5) is 0 Å². The minimum atomic E-state index is -0.431. The summed E-state index contributed by atoms with van der Waals surface area (Å²) >= 11 is 0. The normalized spacial score (nSPS) is 11.4. The molecule has 0 radical (unpaired) electrons. The number of carbonyl (C=O) groups is 1. The van der Waals surface area contributed by atoms with Crippen LogP contribution in [-0.4, -0.2) is 12.4 Å². The Morgan fingerprint density at radius 1 is 1.24 bits per heavy atom. The van der Waals surface area contributed by atoms with E-state index in [1.807, 2.05) is 40.7 Å². The number of ether oxygens (including phenoxy) is 1. The van der Waals surface area contributed by atoms with Crippen molar-refractivity contribution in [3.8, 4) is 5.75 Å². The van der Waals surface area contributed by atoms with Crippen molar-refractivity contribution in [2.45, 2.75) is 47.0 Å². The van der Waals surface area contributed by atoms with Crippen LogP contribution in [0.1, 0.15) is 44.4 Å². The van der Waals surface area contributed by atoms with Crippen molar-refractivity contribution in [3.63, 3.8) is 0 Å². The molecule has 0 aliphatic carbocycles. The molecule has 1 rings (SSSR count). The van der Waals surface area contributed by atoms with Gasteiger partial charge in [-0.25, -0.2) is 0 Å². The second-order valence-corrected chi connectivity index (χ2v) is 5.05. The number of ketones is 1. The first-order chi connectivity index (χ1) is 7.80. The Bertz CT molecular complexity index is 431. The van der Waals surface area contributed by atoms with E-state index in [1.54, 1.807) is 6.92 Å². The van der Waals surface area contributed by atoms with Crippen LogP contribution >= 0.6 is 0 Å². The molecule has 0 spiro atoms. The van der Waals surface area contributed by atoms with Crippen molar-refractivity contribution < 1.29 is 9.53 Å². The predicted molar refractivity (Wildman–Crippen MR) is 70.8 cm³/mol. The van der Waals surface area contributed by atoms with E-state index < -0.39 is 5.41 Å². The van der Waals surface area contributed by atoms with Gasteiger partial charge in [0, 0.05) is 5.41 Å². The van der Waals surface area contributed by atoms with Crippen LogP contribution in [0.5, 0.6) is 5.75 Å². The monoisotopic (exact) mass is 234 g/mol. The van der Waals surface area contributed by atoms with Crippen molar-refractivity contribution in [2.75, 3.05) is 6.61 Å². The lowest BCUT2D eigenvalue weighted by Crippen LogP contribution is -2.27. The Labute approximate surface area is 104 Å². The van der Waals surface area contributed by atoms with Crippen molar-refractivity contribution in [3.05, 3.63) is 28.8 Å². The van der Waals surface area contributed by atoms with Crippen LogP contribution in [0.25, 0.3) is 0 Å². The lowest BCUT2D eigenvalue weighted by atomic mass is 9.78. The van der Waals surface area contributed by atoms with Gasteiger partial charge < -0.3 is 4.74 Å². The molecule has 0 saturated carbocycles. The minimum absolute atomic E-state index is 0.184. The summed E-state index contributed by atoms with van der Waals surface area (Å²) in [7, 11) is 0. The third-order valence-electron chi connectivity index (χ3n) is 3.38. The summed E-state index contributed by atoms with van der Waals surface area (Å²) in [6.07, 6.45) is 0. The van der Waals surface area contributed by atoms with Crippen LogP contribution in [0.3, 0.4) is 0 Å². The highest BCUT2D eigenvalue weighted by molar-refractivity contribution is 5.87. The number of hydrogen-bond donors (Lipinski definition) is 0. The van der Waals surface area contributed by atoms with Gasteiger partial charge in [-0.3, -0.25) is 4.79 Å². The molecule has 0 unspecified atom stereocenters. The lowest BCUT2D eigenvalue weighted by Gasteiger charge is -2.25. The fourth-order valence-electron chi connectivity index (χ4n) is 1.96. The number of Topliss-reactive ketones (excluding diaryl/α,β-unsaturated/α-hetero) is 1. The van der Waals surface area contributed by atoms with Gasteiger partial charge in [-0.05, 0) is 64.3 Å². The smallest absolute Gasteiger partial charge is 0.139 e. The van der Waals surface area contributed by atoms with E-state index >= 15 is 0 Å². The Kier molecular flexibility index (Phi) is 3.97. The summed E-state index contributed by atoms with van der Waals surface area (Å²) in [6.45, 7) is 12.3. The van der Waals surface area contributed by atoms with Crippen LogP contribution < -0.4 is 4.74 Å². The number of benzene rings is 1. The largest absolute Gasteiger partial charge is 0.494 e. The minimum Gasteiger partial charge on any atom is -0.494 e. The molecule has 1 aromatic rings. The van der Waals surface area contributed by atoms with Crippen LogP contribution in [-0.2, 0) is 10.2 Å². The summed E-state index contributed by atoms with van der Waals surface area (Å²) in [5.41, 5.74) is 2.85. The van der Waals surface area contributed by atoms with Gasteiger partial charge in [0.1, 0.15) is 11.5 Å².